The van der Waals surface area contributed by atoms with Gasteiger partial charge in [0.1, 0.15) is 0 Å². The molecule has 4 aliphatic carbocycles. The summed E-state index contributed by atoms with van der Waals surface area (Å²) in [5.41, 5.74) is 7.54. The molecule has 24 heavy (non-hydrogen) atoms. The summed E-state index contributed by atoms with van der Waals surface area (Å²) in [6.07, 6.45) is 9.14. The molecule has 1 aromatic rings. The second kappa shape index (κ2) is 5.76. The lowest BCUT2D eigenvalue weighted by Gasteiger charge is -2.56. The number of piperidine rings is 1. The number of rotatable bonds is 3. The molecule has 0 aromatic carbocycles. The lowest BCUT2D eigenvalue weighted by atomic mass is 9.50. The van der Waals surface area contributed by atoms with Crippen LogP contribution in [-0.4, -0.2) is 40.2 Å². The maximum absolute atomic E-state index is 10.0. The highest BCUT2D eigenvalue weighted by atomic mass is 32.1. The van der Waals surface area contributed by atoms with E-state index in [4.69, 9.17) is 10.7 Å². The predicted octanol–water partition coefficient (Wildman–Crippen LogP) is 2.50. The Morgan fingerprint density at radius 3 is 2.50 bits per heavy atom. The van der Waals surface area contributed by atoms with Gasteiger partial charge in [-0.05, 0) is 62.7 Å². The number of aromatic nitrogens is 1. The summed E-state index contributed by atoms with van der Waals surface area (Å²) in [5.74, 6) is 2.92. The van der Waals surface area contributed by atoms with Crippen molar-refractivity contribution in [1.82, 2.24) is 9.88 Å². The minimum Gasteiger partial charge on any atom is -0.390 e. The first kappa shape index (κ1) is 15.7. The van der Waals surface area contributed by atoms with Crippen LogP contribution in [0.25, 0.3) is 0 Å². The number of thiazole rings is 1. The largest absolute Gasteiger partial charge is 0.390 e. The predicted molar refractivity (Wildman–Crippen MR) is 95.8 cm³/mol. The van der Waals surface area contributed by atoms with Gasteiger partial charge < -0.3 is 10.8 Å². The number of aliphatic hydroxyl groups is 1. The molecule has 1 saturated heterocycles. The van der Waals surface area contributed by atoms with E-state index in [0.29, 0.717) is 12.0 Å². The average Bonchev–Trinajstić information content (AvgIpc) is 2.99. The fraction of sp³-hybridized carbons (Fsp3) is 0.842. The number of aliphatic hydroxyl groups excluding tert-OH is 1. The molecule has 0 radical (unpaired) electrons. The van der Waals surface area contributed by atoms with Gasteiger partial charge in [0.2, 0.25) is 0 Å². The fourth-order valence-corrected chi connectivity index (χ4v) is 7.43. The summed E-state index contributed by atoms with van der Waals surface area (Å²) in [6, 6.07) is -0.0562. The van der Waals surface area contributed by atoms with Gasteiger partial charge in [-0.25, -0.2) is 4.98 Å². The second-order valence-corrected chi connectivity index (χ2v) is 9.95. The van der Waals surface area contributed by atoms with Gasteiger partial charge in [-0.3, -0.25) is 4.90 Å². The highest BCUT2D eigenvalue weighted by Gasteiger charge is 2.52. The molecule has 4 nitrogen and oxygen atoms in total. The first-order valence-corrected chi connectivity index (χ1v) is 10.6. The van der Waals surface area contributed by atoms with Crippen LogP contribution in [0.1, 0.15) is 55.6 Å². The van der Waals surface area contributed by atoms with Crippen molar-refractivity contribution in [1.29, 1.82) is 0 Å². The molecule has 0 spiro atoms. The molecule has 2 unspecified atom stereocenters. The van der Waals surface area contributed by atoms with E-state index in [1.807, 2.05) is 11.3 Å². The van der Waals surface area contributed by atoms with Crippen LogP contribution in [0.3, 0.4) is 0 Å². The zero-order valence-corrected chi connectivity index (χ0v) is 15.2. The Morgan fingerprint density at radius 2 is 1.88 bits per heavy atom. The summed E-state index contributed by atoms with van der Waals surface area (Å²) in [7, 11) is 0. The quantitative estimate of drug-likeness (QED) is 0.882. The van der Waals surface area contributed by atoms with Crippen LogP contribution in [0.5, 0.6) is 0 Å². The minimum atomic E-state index is -0.389. The Labute approximate surface area is 148 Å². The fourth-order valence-electron chi connectivity index (χ4n) is 6.38. The Hall–Kier alpha value is -0.490. The Balaban J connectivity index is 1.31. The second-order valence-electron chi connectivity index (χ2n) is 9.10. The van der Waals surface area contributed by atoms with Gasteiger partial charge in [0.05, 0.1) is 16.8 Å². The van der Waals surface area contributed by atoms with E-state index in [9.17, 15) is 5.11 Å². The van der Waals surface area contributed by atoms with E-state index in [0.717, 1.165) is 37.3 Å². The normalized spacial score (nSPS) is 45.0. The summed E-state index contributed by atoms with van der Waals surface area (Å²) in [4.78, 5) is 7.41. The zero-order chi connectivity index (χ0) is 16.3. The van der Waals surface area contributed by atoms with Crippen molar-refractivity contribution in [3.8, 4) is 0 Å². The number of hydrogen-bond acceptors (Lipinski definition) is 5. The molecule has 4 bridgehead atoms. The van der Waals surface area contributed by atoms with Gasteiger partial charge in [-0.15, -0.1) is 11.3 Å². The van der Waals surface area contributed by atoms with E-state index < -0.39 is 0 Å². The number of nitrogens with two attached hydrogens (primary N) is 1. The molecule has 5 aliphatic rings. The smallest absolute Gasteiger partial charge is 0.0991 e. The first-order chi connectivity index (χ1) is 11.6. The third kappa shape index (κ3) is 2.64. The number of nitrogens with zero attached hydrogens (tertiary/aromatic N) is 2. The summed E-state index contributed by atoms with van der Waals surface area (Å²) in [5, 5.41) is 13.7. The average molecular weight is 348 g/mol. The van der Waals surface area contributed by atoms with Crippen LogP contribution in [0.2, 0.25) is 0 Å². The van der Waals surface area contributed by atoms with Crippen LogP contribution < -0.4 is 5.73 Å². The maximum Gasteiger partial charge on any atom is 0.0991 e. The zero-order valence-electron chi connectivity index (χ0n) is 14.4. The van der Waals surface area contributed by atoms with Crippen molar-refractivity contribution in [2.75, 3.05) is 13.1 Å². The molecule has 2 atom stereocenters. The van der Waals surface area contributed by atoms with Crippen LogP contribution in [-0.2, 0) is 12.0 Å². The van der Waals surface area contributed by atoms with Gasteiger partial charge in [0.25, 0.3) is 0 Å². The van der Waals surface area contributed by atoms with E-state index >= 15 is 0 Å². The SMILES string of the molecule is NC1CCN(Cc2csc(C34CC5CC(CC(C5)C3)C4)n2)CC1O. The van der Waals surface area contributed by atoms with Crippen LogP contribution in [0, 0.1) is 17.8 Å². The van der Waals surface area contributed by atoms with Gasteiger partial charge in [-0.2, -0.15) is 0 Å². The summed E-state index contributed by atoms with van der Waals surface area (Å²) in [6.45, 7) is 2.53. The molecule has 6 rings (SSSR count). The van der Waals surface area contributed by atoms with E-state index in [1.165, 1.54) is 49.2 Å². The van der Waals surface area contributed by atoms with E-state index in [2.05, 4.69) is 10.3 Å². The highest BCUT2D eigenvalue weighted by Crippen LogP contribution is 2.61. The van der Waals surface area contributed by atoms with Crippen molar-refractivity contribution in [2.24, 2.45) is 23.5 Å². The molecule has 2 heterocycles. The number of likely N-dealkylation sites (tertiary alicyclic amines) is 1. The monoisotopic (exact) mass is 347 g/mol. The Morgan fingerprint density at radius 1 is 1.21 bits per heavy atom. The maximum atomic E-state index is 10.0. The summed E-state index contributed by atoms with van der Waals surface area (Å²) < 4.78 is 0. The molecule has 1 aliphatic heterocycles. The van der Waals surface area contributed by atoms with Crippen LogP contribution in [0.15, 0.2) is 5.38 Å². The number of β-amino-alcohol motifs (C(OH)–C–C–N with tert-alkyl or cyclic N) is 1. The third-order valence-corrected chi connectivity index (χ3v) is 8.28. The standard InChI is InChI=1S/C19H29N3OS/c20-16-1-2-22(10-17(16)23)9-15-11-24-18(21-15)19-6-12-3-13(7-19)5-14(4-12)8-19/h11-14,16-17,23H,1-10,20H2. The molecular formula is C19H29N3OS. The molecule has 5 heteroatoms. The number of hydrogen-bond donors (Lipinski definition) is 2. The molecule has 1 aromatic heterocycles. The molecule has 4 saturated carbocycles. The molecule has 5 fully saturated rings. The topological polar surface area (TPSA) is 62.4 Å². The van der Waals surface area contributed by atoms with E-state index in [1.54, 1.807) is 0 Å². The van der Waals surface area contributed by atoms with Gasteiger partial charge >= 0.3 is 0 Å². The lowest BCUT2D eigenvalue weighted by molar-refractivity contribution is -0.00543. The molecule has 0 amide bonds. The van der Waals surface area contributed by atoms with Crippen molar-refractivity contribution in [2.45, 2.75) is 69.1 Å². The minimum absolute atomic E-state index is 0.0562. The Bertz CT molecular complexity index is 580. The van der Waals surface area contributed by atoms with Gasteiger partial charge in [0.15, 0.2) is 0 Å². The van der Waals surface area contributed by atoms with Crippen LogP contribution >= 0.6 is 11.3 Å². The summed E-state index contributed by atoms with van der Waals surface area (Å²) >= 11 is 1.90. The van der Waals surface area contributed by atoms with Crippen molar-refractivity contribution in [3.05, 3.63) is 16.1 Å². The molecule has 132 valence electrons. The van der Waals surface area contributed by atoms with Crippen LogP contribution in [0.4, 0.5) is 0 Å². The van der Waals surface area contributed by atoms with Crippen molar-refractivity contribution >= 4 is 11.3 Å². The lowest BCUT2D eigenvalue weighted by Crippen LogP contribution is -2.50. The Kier molecular flexibility index (Phi) is 3.78. The van der Waals surface area contributed by atoms with Crippen molar-refractivity contribution in [3.63, 3.8) is 0 Å². The van der Waals surface area contributed by atoms with Gasteiger partial charge in [0, 0.05) is 36.5 Å². The van der Waals surface area contributed by atoms with Crippen molar-refractivity contribution < 1.29 is 5.11 Å². The first-order valence-electron chi connectivity index (χ1n) is 9.70. The molecule has 3 N–H and O–H groups in total. The third-order valence-electron chi connectivity index (χ3n) is 7.15. The molecular weight excluding hydrogens is 318 g/mol. The van der Waals surface area contributed by atoms with E-state index in [-0.39, 0.29) is 12.1 Å². The van der Waals surface area contributed by atoms with Gasteiger partial charge in [-0.1, -0.05) is 0 Å². The highest BCUT2D eigenvalue weighted by molar-refractivity contribution is 7.09.